The molecule has 0 spiro atoms. The number of aliphatic imine (C=N–C) groups is 1. The highest BCUT2D eigenvalue weighted by molar-refractivity contribution is 7.07. The smallest absolute Gasteiger partial charge is 0.191 e. The zero-order valence-electron chi connectivity index (χ0n) is 12.7. The van der Waals surface area contributed by atoms with Gasteiger partial charge < -0.3 is 15.2 Å². The van der Waals surface area contributed by atoms with Crippen molar-refractivity contribution in [3.8, 4) is 0 Å². The van der Waals surface area contributed by atoms with Crippen molar-refractivity contribution < 1.29 is 4.52 Å². The van der Waals surface area contributed by atoms with Crippen LogP contribution in [-0.2, 0) is 13.1 Å². The quantitative estimate of drug-likeness (QED) is 0.636. The van der Waals surface area contributed by atoms with Crippen molar-refractivity contribution >= 4 is 17.3 Å². The molecule has 0 saturated carbocycles. The molecular formula is C15H22N4OS. The Kier molecular flexibility index (Phi) is 5.80. The molecule has 0 amide bonds. The summed E-state index contributed by atoms with van der Waals surface area (Å²) >= 11 is 1.69. The van der Waals surface area contributed by atoms with E-state index in [4.69, 9.17) is 4.52 Å². The van der Waals surface area contributed by atoms with Gasteiger partial charge in [-0.25, -0.2) is 4.99 Å². The van der Waals surface area contributed by atoms with Crippen LogP contribution in [0.25, 0.3) is 0 Å². The molecule has 0 aromatic carbocycles. The van der Waals surface area contributed by atoms with Gasteiger partial charge in [0.25, 0.3) is 0 Å². The lowest BCUT2D eigenvalue weighted by Gasteiger charge is -2.09. The lowest BCUT2D eigenvalue weighted by molar-refractivity contribution is 0.372. The van der Waals surface area contributed by atoms with Gasteiger partial charge in [-0.2, -0.15) is 11.3 Å². The number of hydrogen-bond acceptors (Lipinski definition) is 4. The van der Waals surface area contributed by atoms with E-state index >= 15 is 0 Å². The van der Waals surface area contributed by atoms with Crippen molar-refractivity contribution in [1.82, 2.24) is 15.8 Å². The Hall–Kier alpha value is -1.82. The number of guanidine groups is 1. The van der Waals surface area contributed by atoms with Gasteiger partial charge >= 0.3 is 0 Å². The molecule has 0 bridgehead atoms. The molecule has 2 aromatic rings. The van der Waals surface area contributed by atoms with Gasteiger partial charge in [0.05, 0.1) is 18.8 Å². The molecule has 0 aliphatic heterocycles. The fourth-order valence-electron chi connectivity index (χ4n) is 1.75. The van der Waals surface area contributed by atoms with Crippen molar-refractivity contribution in [3.63, 3.8) is 0 Å². The highest BCUT2D eigenvalue weighted by atomic mass is 32.1. The molecule has 114 valence electrons. The van der Waals surface area contributed by atoms with Gasteiger partial charge in [0.1, 0.15) is 0 Å². The third-order valence-electron chi connectivity index (χ3n) is 2.94. The first kappa shape index (κ1) is 15.6. The molecule has 6 heteroatoms. The van der Waals surface area contributed by atoms with Crippen LogP contribution in [0.3, 0.4) is 0 Å². The van der Waals surface area contributed by atoms with E-state index < -0.39 is 0 Å². The average molecular weight is 306 g/mol. The molecule has 2 aromatic heterocycles. The fourth-order valence-corrected chi connectivity index (χ4v) is 2.41. The van der Waals surface area contributed by atoms with Gasteiger partial charge in [-0.1, -0.05) is 19.0 Å². The van der Waals surface area contributed by atoms with E-state index in [-0.39, 0.29) is 0 Å². The van der Waals surface area contributed by atoms with Crippen LogP contribution in [0.2, 0.25) is 0 Å². The number of nitrogens with zero attached hydrogens (tertiary/aromatic N) is 2. The van der Waals surface area contributed by atoms with Crippen LogP contribution in [0.4, 0.5) is 0 Å². The van der Waals surface area contributed by atoms with Crippen molar-refractivity contribution in [2.45, 2.75) is 39.8 Å². The molecule has 0 radical (unpaired) electrons. The van der Waals surface area contributed by atoms with Crippen LogP contribution in [0.1, 0.15) is 43.7 Å². The van der Waals surface area contributed by atoms with Crippen LogP contribution >= 0.6 is 11.3 Å². The first-order valence-corrected chi connectivity index (χ1v) is 8.12. The molecule has 2 N–H and O–H groups in total. The number of rotatable bonds is 6. The Bertz CT molecular complexity index is 560. The third kappa shape index (κ3) is 4.90. The molecule has 0 aliphatic carbocycles. The van der Waals surface area contributed by atoms with Crippen molar-refractivity contribution in [2.24, 2.45) is 4.99 Å². The van der Waals surface area contributed by atoms with Crippen molar-refractivity contribution in [1.29, 1.82) is 0 Å². The zero-order chi connectivity index (χ0) is 15.1. The second-order valence-electron chi connectivity index (χ2n) is 5.05. The summed E-state index contributed by atoms with van der Waals surface area (Å²) in [4.78, 5) is 4.55. The molecule has 0 atom stereocenters. The minimum absolute atomic E-state index is 0.378. The summed E-state index contributed by atoms with van der Waals surface area (Å²) in [6, 6.07) is 4.07. The van der Waals surface area contributed by atoms with Gasteiger partial charge in [0.2, 0.25) is 0 Å². The Morgan fingerprint density at radius 3 is 2.90 bits per heavy atom. The first-order valence-electron chi connectivity index (χ1n) is 7.17. The van der Waals surface area contributed by atoms with Crippen LogP contribution in [0.15, 0.2) is 32.4 Å². The van der Waals surface area contributed by atoms with E-state index in [1.54, 1.807) is 11.3 Å². The monoisotopic (exact) mass is 306 g/mol. The minimum atomic E-state index is 0.378. The molecular weight excluding hydrogens is 284 g/mol. The molecule has 5 nitrogen and oxygen atoms in total. The minimum Gasteiger partial charge on any atom is -0.359 e. The molecule has 2 rings (SSSR count). The lowest BCUT2D eigenvalue weighted by Crippen LogP contribution is -2.36. The number of nitrogens with one attached hydrogen (secondary N) is 2. The Labute approximate surface area is 129 Å². The molecule has 21 heavy (non-hydrogen) atoms. The van der Waals surface area contributed by atoms with Gasteiger partial charge in [0, 0.05) is 12.6 Å². The summed E-state index contributed by atoms with van der Waals surface area (Å²) in [7, 11) is 0. The molecule has 0 aliphatic rings. The van der Waals surface area contributed by atoms with Gasteiger partial charge in [-0.05, 0) is 35.2 Å². The number of hydrogen-bond donors (Lipinski definition) is 2. The largest absolute Gasteiger partial charge is 0.359 e. The molecule has 0 unspecified atom stereocenters. The highest BCUT2D eigenvalue weighted by Gasteiger charge is 2.08. The van der Waals surface area contributed by atoms with Crippen molar-refractivity contribution in [2.75, 3.05) is 6.54 Å². The van der Waals surface area contributed by atoms with Gasteiger partial charge in [-0.3, -0.25) is 0 Å². The third-order valence-corrected chi connectivity index (χ3v) is 3.67. The number of aromatic nitrogens is 1. The van der Waals surface area contributed by atoms with E-state index in [0.29, 0.717) is 19.0 Å². The maximum absolute atomic E-state index is 5.31. The van der Waals surface area contributed by atoms with E-state index in [1.807, 2.05) is 13.0 Å². The second kappa shape index (κ2) is 7.83. The van der Waals surface area contributed by atoms with E-state index in [1.165, 1.54) is 5.56 Å². The Morgan fingerprint density at radius 2 is 2.29 bits per heavy atom. The highest BCUT2D eigenvalue weighted by Crippen LogP contribution is 2.13. The predicted octanol–water partition coefficient (Wildman–Crippen LogP) is 3.11. The Balaban J connectivity index is 1.91. The zero-order valence-corrected chi connectivity index (χ0v) is 13.5. The van der Waals surface area contributed by atoms with E-state index in [0.717, 1.165) is 24.0 Å². The summed E-state index contributed by atoms with van der Waals surface area (Å²) in [5.74, 6) is 1.98. The summed E-state index contributed by atoms with van der Waals surface area (Å²) in [5, 5.41) is 14.7. The molecule has 0 saturated heterocycles. The van der Waals surface area contributed by atoms with Crippen LogP contribution < -0.4 is 10.6 Å². The predicted molar refractivity (Wildman–Crippen MR) is 86.6 cm³/mol. The van der Waals surface area contributed by atoms with E-state index in [2.05, 4.69) is 51.5 Å². The van der Waals surface area contributed by atoms with Crippen LogP contribution in [0.5, 0.6) is 0 Å². The fraction of sp³-hybridized carbons (Fsp3) is 0.467. The summed E-state index contributed by atoms with van der Waals surface area (Å²) in [5.41, 5.74) is 2.20. The summed E-state index contributed by atoms with van der Waals surface area (Å²) < 4.78 is 5.31. The Morgan fingerprint density at radius 1 is 1.43 bits per heavy atom. The van der Waals surface area contributed by atoms with E-state index in [9.17, 15) is 0 Å². The summed E-state index contributed by atoms with van der Waals surface area (Å²) in [6.45, 7) is 8.32. The SMILES string of the molecule is CCNC(=NCc1ccsc1)NCc1cc(C(C)C)no1. The lowest BCUT2D eigenvalue weighted by atomic mass is 10.1. The molecule has 0 fully saturated rings. The summed E-state index contributed by atoms with van der Waals surface area (Å²) in [6.07, 6.45) is 0. The van der Waals surface area contributed by atoms with Gasteiger partial charge in [-0.15, -0.1) is 0 Å². The maximum Gasteiger partial charge on any atom is 0.191 e. The van der Waals surface area contributed by atoms with Crippen molar-refractivity contribution in [3.05, 3.63) is 39.9 Å². The standard InChI is InChI=1S/C15H22N4OS/c1-4-16-15(17-8-12-5-6-21-10-12)18-9-13-7-14(11(2)3)19-20-13/h5-7,10-11H,4,8-9H2,1-3H3,(H2,16,17,18). The molecule has 2 heterocycles. The first-order chi connectivity index (χ1) is 10.2. The van der Waals surface area contributed by atoms with Crippen LogP contribution in [-0.4, -0.2) is 17.7 Å². The number of thiophene rings is 1. The maximum atomic E-state index is 5.31. The second-order valence-corrected chi connectivity index (χ2v) is 5.83. The topological polar surface area (TPSA) is 62.5 Å². The van der Waals surface area contributed by atoms with Gasteiger partial charge in [0.15, 0.2) is 11.7 Å². The van der Waals surface area contributed by atoms with Crippen LogP contribution in [0, 0.1) is 0 Å². The normalized spacial score (nSPS) is 11.9. The average Bonchev–Trinajstić information content (AvgIpc) is 3.13.